The second kappa shape index (κ2) is 8.22. The van der Waals surface area contributed by atoms with Crippen LogP contribution in [0.15, 0.2) is 53.1 Å². The van der Waals surface area contributed by atoms with Gasteiger partial charge >= 0.3 is 0 Å². The zero-order valence-electron chi connectivity index (χ0n) is 14.5. The van der Waals surface area contributed by atoms with Gasteiger partial charge in [-0.3, -0.25) is 0 Å². The lowest BCUT2D eigenvalue weighted by atomic mass is 10.2. The van der Waals surface area contributed by atoms with Crippen LogP contribution < -0.4 is 20.1 Å². The normalized spacial score (nSPS) is 10.4. The average molecular weight is 436 g/mol. The van der Waals surface area contributed by atoms with Gasteiger partial charge in [0, 0.05) is 23.8 Å². The number of methoxy groups -OCH3 is 1. The van der Waals surface area contributed by atoms with E-state index < -0.39 is 11.6 Å². The molecule has 27 heavy (non-hydrogen) atoms. The van der Waals surface area contributed by atoms with Crippen LogP contribution in [-0.4, -0.2) is 19.1 Å². The topological polar surface area (TPSA) is 55.4 Å². The fourth-order valence-electron chi connectivity index (χ4n) is 2.45. The van der Waals surface area contributed by atoms with Gasteiger partial charge < -0.3 is 20.1 Å². The third-order valence-electron chi connectivity index (χ3n) is 3.68. The van der Waals surface area contributed by atoms with Crippen LogP contribution in [0.3, 0.4) is 0 Å². The summed E-state index contributed by atoms with van der Waals surface area (Å²) in [4.78, 5) is 4.15. The quantitative estimate of drug-likeness (QED) is 0.519. The molecule has 0 aliphatic carbocycles. The van der Waals surface area contributed by atoms with Crippen molar-refractivity contribution < 1.29 is 18.3 Å². The number of aromatic nitrogens is 1. The molecule has 0 amide bonds. The molecule has 0 spiro atoms. The Morgan fingerprint density at radius 1 is 1.00 bits per heavy atom. The maximum absolute atomic E-state index is 14.0. The van der Waals surface area contributed by atoms with E-state index in [2.05, 4.69) is 31.5 Å². The van der Waals surface area contributed by atoms with Crippen molar-refractivity contribution in [2.24, 2.45) is 0 Å². The number of nitrogens with one attached hydrogen (secondary N) is 2. The highest BCUT2D eigenvalue weighted by atomic mass is 79.9. The number of rotatable bonds is 6. The lowest BCUT2D eigenvalue weighted by Gasteiger charge is -2.17. The standard InChI is InChI=1S/C19H16BrF2N3O2/c1-23-18-14(7-8-24-19(18)26-2)25-15-9-11(20)3-5-17(15)27-16-6-4-12(21)10-13(16)22/h3-10,23H,1-2H3,(H,24,25). The zero-order chi connectivity index (χ0) is 19.4. The van der Waals surface area contributed by atoms with Gasteiger partial charge in [0.25, 0.3) is 0 Å². The van der Waals surface area contributed by atoms with Crippen molar-refractivity contribution in [1.82, 2.24) is 4.98 Å². The molecule has 0 radical (unpaired) electrons. The van der Waals surface area contributed by atoms with Gasteiger partial charge in [-0.1, -0.05) is 15.9 Å². The minimum absolute atomic E-state index is 0.0806. The number of hydrogen-bond donors (Lipinski definition) is 2. The van der Waals surface area contributed by atoms with E-state index >= 15 is 0 Å². The van der Waals surface area contributed by atoms with Crippen LogP contribution in [0.25, 0.3) is 0 Å². The molecule has 0 atom stereocenters. The molecule has 0 aliphatic rings. The molecule has 0 saturated carbocycles. The van der Waals surface area contributed by atoms with Gasteiger partial charge in [-0.25, -0.2) is 13.8 Å². The largest absolute Gasteiger partial charge is 0.479 e. The summed E-state index contributed by atoms with van der Waals surface area (Å²) in [7, 11) is 3.27. The number of anilines is 3. The van der Waals surface area contributed by atoms with Crippen LogP contribution in [-0.2, 0) is 0 Å². The monoisotopic (exact) mass is 435 g/mol. The highest BCUT2D eigenvalue weighted by Gasteiger charge is 2.14. The fraction of sp³-hybridized carbons (Fsp3) is 0.105. The number of halogens is 3. The Kier molecular flexibility index (Phi) is 5.75. The van der Waals surface area contributed by atoms with E-state index in [0.29, 0.717) is 28.7 Å². The van der Waals surface area contributed by atoms with Crippen LogP contribution in [0.5, 0.6) is 17.4 Å². The number of nitrogens with zero attached hydrogens (tertiary/aromatic N) is 1. The summed E-state index contributed by atoms with van der Waals surface area (Å²) in [6.07, 6.45) is 1.60. The highest BCUT2D eigenvalue weighted by Crippen LogP contribution is 2.38. The molecule has 3 rings (SSSR count). The molecule has 2 N–H and O–H groups in total. The van der Waals surface area contributed by atoms with Gasteiger partial charge in [0.1, 0.15) is 11.5 Å². The summed E-state index contributed by atoms with van der Waals surface area (Å²) >= 11 is 3.41. The Balaban J connectivity index is 1.98. The molecule has 8 heteroatoms. The first-order valence-electron chi connectivity index (χ1n) is 7.92. The summed E-state index contributed by atoms with van der Waals surface area (Å²) in [6, 6.07) is 10.1. The van der Waals surface area contributed by atoms with E-state index in [0.717, 1.165) is 16.6 Å². The minimum atomic E-state index is -0.787. The first-order chi connectivity index (χ1) is 13.0. The van der Waals surface area contributed by atoms with Gasteiger partial charge in [-0.2, -0.15) is 0 Å². The third-order valence-corrected chi connectivity index (χ3v) is 4.18. The van der Waals surface area contributed by atoms with Crippen LogP contribution >= 0.6 is 15.9 Å². The van der Waals surface area contributed by atoms with E-state index in [4.69, 9.17) is 9.47 Å². The molecular weight excluding hydrogens is 420 g/mol. The molecule has 140 valence electrons. The van der Waals surface area contributed by atoms with Crippen LogP contribution in [0.1, 0.15) is 0 Å². The van der Waals surface area contributed by atoms with Gasteiger partial charge in [0.05, 0.1) is 18.5 Å². The average Bonchev–Trinajstić information content (AvgIpc) is 2.65. The molecule has 1 heterocycles. The zero-order valence-corrected chi connectivity index (χ0v) is 16.1. The Morgan fingerprint density at radius 3 is 2.48 bits per heavy atom. The number of ether oxygens (including phenoxy) is 2. The Labute approximate surface area is 163 Å². The number of hydrogen-bond acceptors (Lipinski definition) is 5. The molecule has 0 saturated heterocycles. The van der Waals surface area contributed by atoms with Crippen molar-refractivity contribution in [2.75, 3.05) is 24.8 Å². The summed E-state index contributed by atoms with van der Waals surface area (Å²) in [6.45, 7) is 0. The molecule has 0 unspecified atom stereocenters. The van der Waals surface area contributed by atoms with Crippen molar-refractivity contribution in [1.29, 1.82) is 0 Å². The van der Waals surface area contributed by atoms with Crippen molar-refractivity contribution >= 4 is 33.0 Å². The van der Waals surface area contributed by atoms with Gasteiger partial charge in [0.2, 0.25) is 5.88 Å². The maximum atomic E-state index is 14.0. The molecule has 5 nitrogen and oxygen atoms in total. The van der Waals surface area contributed by atoms with Gasteiger partial charge in [-0.05, 0) is 36.4 Å². The summed E-state index contributed by atoms with van der Waals surface area (Å²) in [5.41, 5.74) is 1.91. The predicted octanol–water partition coefficient (Wildman–Crippen LogP) is 5.71. The van der Waals surface area contributed by atoms with Crippen LogP contribution in [0.4, 0.5) is 25.8 Å². The molecule has 2 aromatic carbocycles. The van der Waals surface area contributed by atoms with Crippen molar-refractivity contribution in [3.8, 4) is 17.4 Å². The second-order valence-electron chi connectivity index (χ2n) is 5.44. The predicted molar refractivity (Wildman–Crippen MR) is 104 cm³/mol. The van der Waals surface area contributed by atoms with E-state index in [1.807, 2.05) is 0 Å². The first kappa shape index (κ1) is 18.9. The van der Waals surface area contributed by atoms with Crippen LogP contribution in [0.2, 0.25) is 0 Å². The maximum Gasteiger partial charge on any atom is 0.239 e. The molecule has 0 bridgehead atoms. The Bertz CT molecular complexity index is 970. The number of benzene rings is 2. The SMILES string of the molecule is CNc1c(Nc2cc(Br)ccc2Oc2ccc(F)cc2F)ccnc1OC. The molecule has 1 aromatic heterocycles. The molecule has 0 fully saturated rings. The Morgan fingerprint density at radius 2 is 1.78 bits per heavy atom. The summed E-state index contributed by atoms with van der Waals surface area (Å²) < 4.78 is 38.8. The molecule has 0 aliphatic heterocycles. The van der Waals surface area contributed by atoms with Crippen LogP contribution in [0, 0.1) is 11.6 Å². The van der Waals surface area contributed by atoms with Crippen molar-refractivity contribution in [3.05, 3.63) is 64.8 Å². The number of pyridine rings is 1. The van der Waals surface area contributed by atoms with E-state index in [1.54, 1.807) is 37.5 Å². The lowest BCUT2D eigenvalue weighted by Crippen LogP contribution is -2.02. The smallest absolute Gasteiger partial charge is 0.239 e. The highest BCUT2D eigenvalue weighted by molar-refractivity contribution is 9.10. The molecule has 3 aromatic rings. The lowest BCUT2D eigenvalue weighted by molar-refractivity contribution is 0.400. The first-order valence-corrected chi connectivity index (χ1v) is 8.71. The van der Waals surface area contributed by atoms with Crippen molar-refractivity contribution in [2.45, 2.75) is 0 Å². The van der Waals surface area contributed by atoms with Gasteiger partial charge in [0.15, 0.2) is 17.3 Å². The second-order valence-corrected chi connectivity index (χ2v) is 6.35. The van der Waals surface area contributed by atoms with Gasteiger partial charge in [-0.15, -0.1) is 0 Å². The minimum Gasteiger partial charge on any atom is -0.479 e. The Hall–Kier alpha value is -2.87. The summed E-state index contributed by atoms with van der Waals surface area (Å²) in [5.74, 6) is -0.754. The third kappa shape index (κ3) is 4.28. The van der Waals surface area contributed by atoms with Crippen molar-refractivity contribution in [3.63, 3.8) is 0 Å². The van der Waals surface area contributed by atoms with E-state index in [-0.39, 0.29) is 5.75 Å². The fourth-order valence-corrected chi connectivity index (χ4v) is 2.81. The van der Waals surface area contributed by atoms with E-state index in [1.165, 1.54) is 13.2 Å². The summed E-state index contributed by atoms with van der Waals surface area (Å²) in [5, 5.41) is 6.25. The molecular formula is C19H16BrF2N3O2. The van der Waals surface area contributed by atoms with E-state index in [9.17, 15) is 8.78 Å².